The molecule has 3 fully saturated rings. The molecule has 3 aliphatic heterocycles. The molecule has 3 aliphatic rings. The van der Waals surface area contributed by atoms with Gasteiger partial charge in [0.05, 0.1) is 35.8 Å². The van der Waals surface area contributed by atoms with E-state index in [1.165, 1.54) is 0 Å². The third kappa shape index (κ3) is 5.02. The first-order chi connectivity index (χ1) is 19.0. The van der Waals surface area contributed by atoms with Gasteiger partial charge in [-0.3, -0.25) is 14.4 Å². The predicted molar refractivity (Wildman–Crippen MR) is 160 cm³/mol. The standard InChI is InChI=1S/C32H44N2O5S/c1-8-10-14-39-31(38)26-25-17-22(7)32(40-25)27(26)29(36)34(23(18-35)15-19(3)4)28(32)30(37)33(13-9-2)24-16-20(5)11-12-21(24)6/h8-9,11-12,16,19,22-23,25-28,35H,1-2,10,13-15,17-18H2,3-7H3/t22?,23-,25+,26-,27+,28?,32?/m1/s1. The van der Waals surface area contributed by atoms with Crippen molar-refractivity contribution in [1.29, 1.82) is 0 Å². The highest BCUT2D eigenvalue weighted by Crippen LogP contribution is 2.69. The second-order valence-electron chi connectivity index (χ2n) is 12.0. The number of aliphatic hydroxyl groups excluding tert-OH is 1. The van der Waals surface area contributed by atoms with Crippen LogP contribution in [-0.4, -0.2) is 69.6 Å². The first-order valence-electron chi connectivity index (χ1n) is 14.4. The summed E-state index contributed by atoms with van der Waals surface area (Å²) in [5, 5.41) is 10.5. The Morgan fingerprint density at radius 3 is 2.62 bits per heavy atom. The van der Waals surface area contributed by atoms with Gasteiger partial charge in [-0.05, 0) is 62.1 Å². The molecule has 1 N–H and O–H groups in total. The van der Waals surface area contributed by atoms with E-state index in [1.54, 1.807) is 33.7 Å². The number of fused-ring (bicyclic) bond motifs is 1. The van der Waals surface area contributed by atoms with Gasteiger partial charge >= 0.3 is 5.97 Å². The predicted octanol–water partition coefficient (Wildman–Crippen LogP) is 4.69. The van der Waals surface area contributed by atoms with E-state index >= 15 is 0 Å². The van der Waals surface area contributed by atoms with Crippen LogP contribution in [-0.2, 0) is 19.1 Å². The van der Waals surface area contributed by atoms with Crippen molar-refractivity contribution in [2.45, 2.75) is 76.0 Å². The van der Waals surface area contributed by atoms with Gasteiger partial charge in [-0.15, -0.1) is 24.9 Å². The molecule has 0 aromatic heterocycles. The number of nitrogens with zero attached hydrogens (tertiary/aromatic N) is 2. The van der Waals surface area contributed by atoms with Crippen LogP contribution in [0.15, 0.2) is 43.5 Å². The number of carbonyl (C=O) groups is 3. The number of benzene rings is 1. The molecule has 40 heavy (non-hydrogen) atoms. The molecule has 1 aromatic carbocycles. The largest absolute Gasteiger partial charge is 0.465 e. The molecule has 0 radical (unpaired) electrons. The lowest BCUT2D eigenvalue weighted by Gasteiger charge is -2.42. The number of hydrogen-bond donors (Lipinski definition) is 1. The number of aliphatic hydroxyl groups is 1. The number of hydrogen-bond acceptors (Lipinski definition) is 6. The summed E-state index contributed by atoms with van der Waals surface area (Å²) >= 11 is 1.62. The van der Waals surface area contributed by atoms with E-state index in [-0.39, 0.29) is 54.6 Å². The number of ether oxygens (including phenoxy) is 1. The summed E-state index contributed by atoms with van der Waals surface area (Å²) in [5.74, 6) is -1.86. The molecule has 7 nitrogen and oxygen atoms in total. The van der Waals surface area contributed by atoms with Crippen molar-refractivity contribution in [3.8, 4) is 0 Å². The first-order valence-corrected chi connectivity index (χ1v) is 15.3. The minimum Gasteiger partial charge on any atom is -0.465 e. The fourth-order valence-electron chi connectivity index (χ4n) is 7.15. The van der Waals surface area contributed by atoms with Crippen molar-refractivity contribution in [2.24, 2.45) is 23.7 Å². The van der Waals surface area contributed by atoms with Gasteiger partial charge in [0, 0.05) is 17.5 Å². The first kappa shape index (κ1) is 30.4. The van der Waals surface area contributed by atoms with Crippen LogP contribution >= 0.6 is 11.8 Å². The highest BCUT2D eigenvalue weighted by Gasteiger charge is 2.77. The van der Waals surface area contributed by atoms with Gasteiger partial charge in [0.1, 0.15) is 6.04 Å². The summed E-state index contributed by atoms with van der Waals surface area (Å²) in [7, 11) is 0. The van der Waals surface area contributed by atoms with Gasteiger partial charge in [-0.1, -0.05) is 45.1 Å². The lowest BCUT2D eigenvalue weighted by molar-refractivity contribution is -0.155. The molecule has 2 bridgehead atoms. The van der Waals surface area contributed by atoms with E-state index < -0.39 is 28.7 Å². The number of thioether (sulfide) groups is 1. The normalized spacial score (nSPS) is 29.4. The van der Waals surface area contributed by atoms with Gasteiger partial charge in [-0.2, -0.15) is 0 Å². The van der Waals surface area contributed by atoms with E-state index in [0.29, 0.717) is 12.8 Å². The molecule has 4 rings (SSSR count). The number of likely N-dealkylation sites (tertiary alicyclic amines) is 1. The van der Waals surface area contributed by atoms with Crippen LogP contribution in [0.3, 0.4) is 0 Å². The molecule has 7 atom stereocenters. The maximum Gasteiger partial charge on any atom is 0.310 e. The summed E-state index contributed by atoms with van der Waals surface area (Å²) in [6.07, 6.45) is 5.22. The second kappa shape index (κ2) is 12.1. The molecule has 3 unspecified atom stereocenters. The molecular formula is C32H44N2O5S. The summed E-state index contributed by atoms with van der Waals surface area (Å²) in [5.41, 5.74) is 2.76. The van der Waals surface area contributed by atoms with Gasteiger partial charge < -0.3 is 19.6 Å². The van der Waals surface area contributed by atoms with E-state index in [2.05, 4.69) is 20.1 Å². The quantitative estimate of drug-likeness (QED) is 0.224. The molecular weight excluding hydrogens is 524 g/mol. The minimum absolute atomic E-state index is 0.0233. The Kier molecular flexibility index (Phi) is 9.20. The van der Waals surface area contributed by atoms with Crippen molar-refractivity contribution < 1.29 is 24.2 Å². The van der Waals surface area contributed by atoms with Crippen LogP contribution in [0, 0.1) is 37.5 Å². The summed E-state index contributed by atoms with van der Waals surface area (Å²) in [6, 6.07) is 4.65. The molecule has 3 saturated heterocycles. The van der Waals surface area contributed by atoms with Gasteiger partial charge in [-0.25, -0.2) is 0 Å². The number of rotatable bonds is 12. The van der Waals surface area contributed by atoms with Crippen LogP contribution in [0.2, 0.25) is 0 Å². The fraction of sp³-hybridized carbons (Fsp3) is 0.594. The minimum atomic E-state index is -0.822. The number of amides is 2. The highest BCUT2D eigenvalue weighted by molar-refractivity contribution is 8.02. The van der Waals surface area contributed by atoms with Gasteiger partial charge in [0.15, 0.2) is 0 Å². The van der Waals surface area contributed by atoms with E-state index in [0.717, 1.165) is 23.2 Å². The molecule has 1 spiro atoms. The van der Waals surface area contributed by atoms with Crippen molar-refractivity contribution in [2.75, 3.05) is 24.7 Å². The Morgan fingerprint density at radius 1 is 1.27 bits per heavy atom. The summed E-state index contributed by atoms with van der Waals surface area (Å²) in [4.78, 5) is 46.2. The number of aryl methyl sites for hydroxylation is 2. The Morgan fingerprint density at radius 2 is 2.00 bits per heavy atom. The summed E-state index contributed by atoms with van der Waals surface area (Å²) in [6.45, 7) is 18.0. The molecule has 8 heteroatoms. The topological polar surface area (TPSA) is 87.2 Å². The lowest BCUT2D eigenvalue weighted by Crippen LogP contribution is -2.59. The Bertz CT molecular complexity index is 1170. The van der Waals surface area contributed by atoms with Crippen LogP contribution in [0.4, 0.5) is 5.69 Å². The maximum atomic E-state index is 14.9. The number of anilines is 1. The van der Waals surface area contributed by atoms with E-state index in [9.17, 15) is 19.5 Å². The molecule has 1 aromatic rings. The second-order valence-corrected chi connectivity index (χ2v) is 13.6. The zero-order chi connectivity index (χ0) is 29.4. The van der Waals surface area contributed by atoms with E-state index in [4.69, 9.17) is 4.74 Å². The van der Waals surface area contributed by atoms with Crippen molar-refractivity contribution in [3.05, 3.63) is 54.6 Å². The zero-order valence-corrected chi connectivity index (χ0v) is 25.3. The summed E-state index contributed by atoms with van der Waals surface area (Å²) < 4.78 is 4.83. The number of esters is 1. The zero-order valence-electron chi connectivity index (χ0n) is 24.5. The fourth-order valence-corrected chi connectivity index (χ4v) is 9.54. The average molecular weight is 569 g/mol. The Labute approximate surface area is 243 Å². The van der Waals surface area contributed by atoms with Gasteiger partial charge in [0.25, 0.3) is 5.91 Å². The molecule has 0 aliphatic carbocycles. The van der Waals surface area contributed by atoms with E-state index in [1.807, 2.05) is 45.9 Å². The Hall–Kier alpha value is -2.58. The van der Waals surface area contributed by atoms with Crippen LogP contribution in [0.5, 0.6) is 0 Å². The van der Waals surface area contributed by atoms with Gasteiger partial charge in [0.2, 0.25) is 5.91 Å². The van der Waals surface area contributed by atoms with Crippen molar-refractivity contribution in [3.63, 3.8) is 0 Å². The third-order valence-corrected chi connectivity index (χ3v) is 10.9. The monoisotopic (exact) mass is 568 g/mol. The number of carbonyl (C=O) groups excluding carboxylic acids is 3. The van der Waals surface area contributed by atoms with Crippen molar-refractivity contribution >= 4 is 35.2 Å². The average Bonchev–Trinajstić information content (AvgIpc) is 3.50. The van der Waals surface area contributed by atoms with Crippen LogP contribution < -0.4 is 4.90 Å². The molecule has 0 saturated carbocycles. The van der Waals surface area contributed by atoms with Crippen LogP contribution in [0.25, 0.3) is 0 Å². The molecule has 3 heterocycles. The smallest absolute Gasteiger partial charge is 0.310 e. The third-order valence-electron chi connectivity index (χ3n) is 8.84. The SMILES string of the molecule is C=CCCOC(=O)[C@@H]1[C@@H]2CC(C)C3(S2)C(C(=O)N(CC=C)c2cc(C)ccc2C)N([C@@H](CO)CC(C)C)C(=O)[C@H]13. The molecule has 2 amide bonds. The van der Waals surface area contributed by atoms with Crippen molar-refractivity contribution in [1.82, 2.24) is 4.90 Å². The van der Waals surface area contributed by atoms with Crippen LogP contribution in [0.1, 0.15) is 51.2 Å². The molecule has 218 valence electrons. The maximum absolute atomic E-state index is 14.9. The Balaban J connectivity index is 1.85. The lowest BCUT2D eigenvalue weighted by atomic mass is 9.66. The highest BCUT2D eigenvalue weighted by atomic mass is 32.2.